The highest BCUT2D eigenvalue weighted by Gasteiger charge is 2.11. The lowest BCUT2D eigenvalue weighted by Gasteiger charge is -2.11. The molecule has 1 aliphatic rings. The molecule has 0 aromatic heterocycles. The Morgan fingerprint density at radius 1 is 1.15 bits per heavy atom. The molecule has 0 atom stereocenters. The van der Waals surface area contributed by atoms with Crippen LogP contribution in [0.5, 0.6) is 17.2 Å². The first-order valence-corrected chi connectivity index (χ1v) is 8.93. The Morgan fingerprint density at radius 3 is 2.74 bits per heavy atom. The summed E-state index contributed by atoms with van der Waals surface area (Å²) in [6.07, 6.45) is 1.64. The summed E-state index contributed by atoms with van der Waals surface area (Å²) in [5.41, 5.74) is 7.96. The lowest BCUT2D eigenvalue weighted by molar-refractivity contribution is 0.297. The molecule has 2 aromatic rings. The molecule has 0 amide bonds. The fraction of sp³-hybridized carbons (Fsp3) is 0.350. The number of hydrogen-bond donors (Lipinski definition) is 2. The molecule has 1 aliphatic heterocycles. The number of anilines is 1. The van der Waals surface area contributed by atoms with Gasteiger partial charge in [0, 0.05) is 24.7 Å². The van der Waals surface area contributed by atoms with Crippen LogP contribution in [-0.2, 0) is 6.42 Å². The van der Waals surface area contributed by atoms with Crippen LogP contribution in [0.2, 0.25) is 0 Å². The van der Waals surface area contributed by atoms with Gasteiger partial charge in [0.05, 0.1) is 19.8 Å². The Balaban J connectivity index is 0.00000261. The van der Waals surface area contributed by atoms with E-state index in [2.05, 4.69) is 10.3 Å². The summed E-state index contributed by atoms with van der Waals surface area (Å²) in [7, 11) is 0. The molecule has 0 saturated carbocycles. The van der Waals surface area contributed by atoms with Gasteiger partial charge in [-0.2, -0.15) is 0 Å². The molecule has 6 nitrogen and oxygen atoms in total. The number of fused-ring (bicyclic) bond motifs is 1. The smallest absolute Gasteiger partial charge is 0.193 e. The predicted octanol–water partition coefficient (Wildman–Crippen LogP) is 3.83. The van der Waals surface area contributed by atoms with Crippen molar-refractivity contribution in [2.75, 3.05) is 31.7 Å². The fourth-order valence-corrected chi connectivity index (χ4v) is 2.73. The highest BCUT2D eigenvalue weighted by molar-refractivity contribution is 14.0. The topological polar surface area (TPSA) is 78.1 Å². The third-order valence-electron chi connectivity index (χ3n) is 3.96. The molecule has 2 aromatic carbocycles. The van der Waals surface area contributed by atoms with Gasteiger partial charge in [-0.05, 0) is 37.1 Å². The first-order chi connectivity index (χ1) is 12.8. The quantitative estimate of drug-likeness (QED) is 0.371. The van der Waals surface area contributed by atoms with E-state index in [1.807, 2.05) is 49.4 Å². The van der Waals surface area contributed by atoms with E-state index >= 15 is 0 Å². The Bertz CT molecular complexity index is 768. The summed E-state index contributed by atoms with van der Waals surface area (Å²) in [5.74, 6) is 2.76. The highest BCUT2D eigenvalue weighted by atomic mass is 127. The minimum atomic E-state index is 0. The zero-order valence-electron chi connectivity index (χ0n) is 15.4. The zero-order chi connectivity index (χ0) is 18.2. The number of rotatable bonds is 6. The van der Waals surface area contributed by atoms with Gasteiger partial charge in [-0.25, -0.2) is 0 Å². The number of para-hydroxylation sites is 1. The van der Waals surface area contributed by atoms with Gasteiger partial charge in [-0.3, -0.25) is 4.99 Å². The van der Waals surface area contributed by atoms with Crippen molar-refractivity contribution in [3.63, 3.8) is 0 Å². The largest absolute Gasteiger partial charge is 0.494 e. The maximum Gasteiger partial charge on any atom is 0.193 e. The first-order valence-electron chi connectivity index (χ1n) is 8.93. The summed E-state index contributed by atoms with van der Waals surface area (Å²) in [4.78, 5) is 4.40. The zero-order valence-corrected chi connectivity index (χ0v) is 17.8. The van der Waals surface area contributed by atoms with Crippen LogP contribution in [0, 0.1) is 0 Å². The summed E-state index contributed by atoms with van der Waals surface area (Å²) in [6.45, 7) is 4.53. The minimum absolute atomic E-state index is 0. The van der Waals surface area contributed by atoms with Gasteiger partial charge in [-0.15, -0.1) is 24.0 Å². The van der Waals surface area contributed by atoms with E-state index in [1.54, 1.807) is 0 Å². The predicted molar refractivity (Wildman–Crippen MR) is 119 cm³/mol. The molecular formula is C20H26IN3O3. The molecule has 0 bridgehead atoms. The van der Waals surface area contributed by atoms with E-state index in [-0.39, 0.29) is 24.0 Å². The van der Waals surface area contributed by atoms with Crippen LogP contribution < -0.4 is 25.3 Å². The normalized spacial score (nSPS) is 13.3. The van der Waals surface area contributed by atoms with Crippen LogP contribution in [0.15, 0.2) is 47.5 Å². The van der Waals surface area contributed by atoms with Crippen molar-refractivity contribution < 1.29 is 14.2 Å². The number of halogens is 1. The molecule has 7 heteroatoms. The van der Waals surface area contributed by atoms with Crippen LogP contribution >= 0.6 is 24.0 Å². The number of ether oxygens (including phenoxy) is 3. The monoisotopic (exact) mass is 483 g/mol. The third kappa shape index (κ3) is 6.20. The maximum absolute atomic E-state index is 6.01. The molecule has 0 aliphatic carbocycles. The standard InChI is InChI=1S/C20H25N3O3.HI/c1-2-24-17-7-4-3-6-15(17)10-11-22-20(21)23-16-8-9-18-19(14-16)26-13-5-12-25-18;/h3-4,6-9,14H,2,5,10-13H2,1H3,(H3,21,22,23);1H. The van der Waals surface area contributed by atoms with Crippen LogP contribution in [-0.4, -0.2) is 32.3 Å². The van der Waals surface area contributed by atoms with Crippen LogP contribution in [0.3, 0.4) is 0 Å². The number of nitrogens with one attached hydrogen (secondary N) is 1. The number of hydrogen-bond acceptors (Lipinski definition) is 4. The SMILES string of the molecule is CCOc1ccccc1CCN=C(N)Nc1ccc2c(c1)OCCCO2.I. The molecule has 1 heterocycles. The number of aliphatic imine (C=N–C) groups is 1. The molecule has 3 rings (SSSR count). The molecule has 0 saturated heterocycles. The van der Waals surface area contributed by atoms with Crippen molar-refractivity contribution in [3.05, 3.63) is 48.0 Å². The Hall–Kier alpha value is -2.16. The van der Waals surface area contributed by atoms with Crippen LogP contribution in [0.4, 0.5) is 5.69 Å². The van der Waals surface area contributed by atoms with Crippen molar-refractivity contribution in [1.29, 1.82) is 0 Å². The average Bonchev–Trinajstić information content (AvgIpc) is 2.88. The van der Waals surface area contributed by atoms with Gasteiger partial charge in [0.15, 0.2) is 17.5 Å². The second-order valence-electron chi connectivity index (χ2n) is 5.89. The Kier molecular flexibility index (Phi) is 8.50. The summed E-state index contributed by atoms with van der Waals surface area (Å²) in [5, 5.41) is 3.10. The molecule has 0 spiro atoms. The van der Waals surface area contributed by atoms with Gasteiger partial charge in [-0.1, -0.05) is 18.2 Å². The van der Waals surface area contributed by atoms with Crippen molar-refractivity contribution in [3.8, 4) is 17.2 Å². The number of guanidine groups is 1. The molecule has 0 fully saturated rings. The lowest BCUT2D eigenvalue weighted by Crippen LogP contribution is -2.23. The lowest BCUT2D eigenvalue weighted by atomic mass is 10.1. The summed E-state index contributed by atoms with van der Waals surface area (Å²) < 4.78 is 16.9. The summed E-state index contributed by atoms with van der Waals surface area (Å²) >= 11 is 0. The van der Waals surface area contributed by atoms with E-state index in [4.69, 9.17) is 19.9 Å². The average molecular weight is 483 g/mol. The Labute approximate surface area is 177 Å². The van der Waals surface area contributed by atoms with Crippen LogP contribution in [0.1, 0.15) is 18.9 Å². The molecule has 0 unspecified atom stereocenters. The van der Waals surface area contributed by atoms with Crippen molar-refractivity contribution in [2.24, 2.45) is 10.7 Å². The second kappa shape index (κ2) is 10.9. The van der Waals surface area contributed by atoms with Crippen LogP contribution in [0.25, 0.3) is 0 Å². The van der Waals surface area contributed by atoms with Gasteiger partial charge in [0.2, 0.25) is 0 Å². The van der Waals surface area contributed by atoms with Gasteiger partial charge < -0.3 is 25.3 Å². The van der Waals surface area contributed by atoms with Crippen molar-refractivity contribution in [1.82, 2.24) is 0 Å². The number of nitrogens with zero attached hydrogens (tertiary/aromatic N) is 1. The van der Waals surface area contributed by atoms with E-state index in [9.17, 15) is 0 Å². The molecular weight excluding hydrogens is 457 g/mol. The van der Waals surface area contributed by atoms with E-state index in [1.165, 1.54) is 0 Å². The van der Waals surface area contributed by atoms with Gasteiger partial charge in [0.25, 0.3) is 0 Å². The summed E-state index contributed by atoms with van der Waals surface area (Å²) in [6, 6.07) is 13.7. The van der Waals surface area contributed by atoms with Crippen molar-refractivity contribution in [2.45, 2.75) is 19.8 Å². The molecule has 3 N–H and O–H groups in total. The van der Waals surface area contributed by atoms with E-state index < -0.39 is 0 Å². The van der Waals surface area contributed by atoms with Gasteiger partial charge in [0.1, 0.15) is 5.75 Å². The Morgan fingerprint density at radius 2 is 1.93 bits per heavy atom. The maximum atomic E-state index is 6.01. The third-order valence-corrected chi connectivity index (χ3v) is 3.96. The minimum Gasteiger partial charge on any atom is -0.494 e. The number of benzene rings is 2. The van der Waals surface area contributed by atoms with E-state index in [0.29, 0.717) is 32.3 Å². The molecule has 146 valence electrons. The van der Waals surface area contributed by atoms with E-state index in [0.717, 1.165) is 41.3 Å². The highest BCUT2D eigenvalue weighted by Crippen LogP contribution is 2.32. The molecule has 0 radical (unpaired) electrons. The van der Waals surface area contributed by atoms with Crippen molar-refractivity contribution >= 4 is 35.6 Å². The first kappa shape index (κ1) is 21.1. The van der Waals surface area contributed by atoms with Gasteiger partial charge >= 0.3 is 0 Å². The molecule has 27 heavy (non-hydrogen) atoms. The number of nitrogens with two attached hydrogens (primary N) is 1. The fourth-order valence-electron chi connectivity index (χ4n) is 2.73. The second-order valence-corrected chi connectivity index (χ2v) is 5.89.